The van der Waals surface area contributed by atoms with Crippen molar-refractivity contribution in [3.8, 4) is 0 Å². The predicted octanol–water partition coefficient (Wildman–Crippen LogP) is 1.80. The standard InChI is InChI=1S/C16H24N4O2/c1-3-15(14-5-7-17-8-6-14)18-16(22)20-10-4-9-19(11-12-20)13(2)21/h5-8,15H,3-4,9-12H2,1-2H3,(H,18,22)/t15-/m1/s1. The molecule has 0 saturated carbocycles. The molecule has 2 heterocycles. The highest BCUT2D eigenvalue weighted by Crippen LogP contribution is 2.16. The Hall–Kier alpha value is -2.11. The van der Waals surface area contributed by atoms with E-state index in [0.29, 0.717) is 19.6 Å². The minimum Gasteiger partial charge on any atom is -0.341 e. The number of hydrogen-bond acceptors (Lipinski definition) is 3. The van der Waals surface area contributed by atoms with Crippen molar-refractivity contribution >= 4 is 11.9 Å². The molecule has 1 aromatic rings. The number of carbonyl (C=O) groups excluding carboxylic acids is 2. The van der Waals surface area contributed by atoms with Gasteiger partial charge in [0.2, 0.25) is 5.91 Å². The van der Waals surface area contributed by atoms with Gasteiger partial charge in [-0.15, -0.1) is 0 Å². The highest BCUT2D eigenvalue weighted by atomic mass is 16.2. The molecule has 1 aromatic heterocycles. The topological polar surface area (TPSA) is 65.5 Å². The van der Waals surface area contributed by atoms with Crippen LogP contribution in [0.3, 0.4) is 0 Å². The zero-order valence-corrected chi connectivity index (χ0v) is 13.3. The summed E-state index contributed by atoms with van der Waals surface area (Å²) in [5.74, 6) is 0.0745. The molecule has 120 valence electrons. The van der Waals surface area contributed by atoms with Crippen LogP contribution in [0.5, 0.6) is 0 Å². The van der Waals surface area contributed by atoms with Crippen molar-refractivity contribution in [3.63, 3.8) is 0 Å². The molecule has 6 nitrogen and oxygen atoms in total. The van der Waals surface area contributed by atoms with Crippen LogP contribution >= 0.6 is 0 Å². The van der Waals surface area contributed by atoms with E-state index in [1.54, 1.807) is 29.1 Å². The fourth-order valence-corrected chi connectivity index (χ4v) is 2.69. The average molecular weight is 304 g/mol. The molecule has 1 aliphatic rings. The van der Waals surface area contributed by atoms with Crippen molar-refractivity contribution in [2.75, 3.05) is 26.2 Å². The molecule has 0 aliphatic carbocycles. The number of carbonyl (C=O) groups is 2. The van der Waals surface area contributed by atoms with Crippen LogP contribution in [-0.4, -0.2) is 52.9 Å². The van der Waals surface area contributed by atoms with Crippen molar-refractivity contribution in [1.82, 2.24) is 20.1 Å². The van der Waals surface area contributed by atoms with Gasteiger partial charge in [-0.1, -0.05) is 6.92 Å². The summed E-state index contributed by atoms with van der Waals surface area (Å²) >= 11 is 0. The van der Waals surface area contributed by atoms with Gasteiger partial charge in [0.25, 0.3) is 0 Å². The first-order valence-electron chi connectivity index (χ1n) is 7.82. The Labute approximate surface area is 131 Å². The van der Waals surface area contributed by atoms with Crippen molar-refractivity contribution < 1.29 is 9.59 Å². The van der Waals surface area contributed by atoms with Crippen LogP contribution in [0.15, 0.2) is 24.5 Å². The van der Waals surface area contributed by atoms with Crippen LogP contribution in [0.4, 0.5) is 4.79 Å². The number of rotatable bonds is 3. The van der Waals surface area contributed by atoms with E-state index >= 15 is 0 Å². The normalized spacial score (nSPS) is 16.8. The third-order valence-corrected chi connectivity index (χ3v) is 4.04. The highest BCUT2D eigenvalue weighted by Gasteiger charge is 2.22. The number of urea groups is 1. The second kappa shape index (κ2) is 7.77. The van der Waals surface area contributed by atoms with Crippen LogP contribution in [0.1, 0.15) is 38.3 Å². The maximum absolute atomic E-state index is 12.5. The molecule has 0 bridgehead atoms. The summed E-state index contributed by atoms with van der Waals surface area (Å²) in [5, 5.41) is 3.08. The van der Waals surface area contributed by atoms with E-state index in [-0.39, 0.29) is 18.0 Å². The maximum atomic E-state index is 12.5. The van der Waals surface area contributed by atoms with Gasteiger partial charge in [0.05, 0.1) is 6.04 Å². The maximum Gasteiger partial charge on any atom is 0.317 e. The second-order valence-electron chi connectivity index (χ2n) is 5.54. The summed E-state index contributed by atoms with van der Waals surface area (Å²) in [4.78, 5) is 31.5. The van der Waals surface area contributed by atoms with Crippen LogP contribution in [0.25, 0.3) is 0 Å². The van der Waals surface area contributed by atoms with E-state index in [1.807, 2.05) is 19.1 Å². The first-order chi connectivity index (χ1) is 10.6. The minimum atomic E-state index is -0.0611. The Balaban J connectivity index is 1.95. The van der Waals surface area contributed by atoms with E-state index < -0.39 is 0 Å². The lowest BCUT2D eigenvalue weighted by atomic mass is 10.1. The molecule has 0 radical (unpaired) electrons. The summed E-state index contributed by atoms with van der Waals surface area (Å²) in [6.45, 7) is 6.22. The lowest BCUT2D eigenvalue weighted by Gasteiger charge is -2.25. The highest BCUT2D eigenvalue weighted by molar-refractivity contribution is 5.75. The molecule has 1 fully saturated rings. The lowest BCUT2D eigenvalue weighted by molar-refractivity contribution is -0.128. The Morgan fingerprint density at radius 1 is 1.18 bits per heavy atom. The Bertz CT molecular complexity index is 506. The van der Waals surface area contributed by atoms with Gasteiger partial charge in [0, 0.05) is 45.5 Å². The monoisotopic (exact) mass is 304 g/mol. The van der Waals surface area contributed by atoms with Crippen molar-refractivity contribution in [1.29, 1.82) is 0 Å². The van der Waals surface area contributed by atoms with Crippen LogP contribution in [-0.2, 0) is 4.79 Å². The van der Waals surface area contributed by atoms with Crippen molar-refractivity contribution in [2.24, 2.45) is 0 Å². The molecule has 1 aliphatic heterocycles. The quantitative estimate of drug-likeness (QED) is 0.926. The number of nitrogens with one attached hydrogen (secondary N) is 1. The lowest BCUT2D eigenvalue weighted by Crippen LogP contribution is -2.43. The van der Waals surface area contributed by atoms with Gasteiger partial charge in [-0.2, -0.15) is 0 Å². The van der Waals surface area contributed by atoms with Gasteiger partial charge < -0.3 is 15.1 Å². The molecular formula is C16H24N4O2. The van der Waals surface area contributed by atoms with Gasteiger partial charge in [0.1, 0.15) is 0 Å². The summed E-state index contributed by atoms with van der Waals surface area (Å²) in [6, 6.07) is 3.78. The SMILES string of the molecule is CC[C@@H](NC(=O)N1CCCN(C(C)=O)CC1)c1ccncc1. The van der Waals surface area contributed by atoms with E-state index in [4.69, 9.17) is 0 Å². The van der Waals surface area contributed by atoms with Gasteiger partial charge in [-0.3, -0.25) is 9.78 Å². The largest absolute Gasteiger partial charge is 0.341 e. The van der Waals surface area contributed by atoms with E-state index in [0.717, 1.165) is 24.9 Å². The molecule has 0 spiro atoms. The fourth-order valence-electron chi connectivity index (χ4n) is 2.69. The first kappa shape index (κ1) is 16.3. The third-order valence-electron chi connectivity index (χ3n) is 4.04. The number of nitrogens with zero attached hydrogens (tertiary/aromatic N) is 3. The Morgan fingerprint density at radius 2 is 1.82 bits per heavy atom. The van der Waals surface area contributed by atoms with Gasteiger partial charge >= 0.3 is 6.03 Å². The minimum absolute atomic E-state index is 0.0114. The number of amides is 3. The molecular weight excluding hydrogens is 280 g/mol. The van der Waals surface area contributed by atoms with Gasteiger partial charge in [-0.25, -0.2) is 4.79 Å². The Kier molecular flexibility index (Phi) is 5.75. The summed E-state index contributed by atoms with van der Waals surface area (Å²) in [7, 11) is 0. The van der Waals surface area contributed by atoms with E-state index in [2.05, 4.69) is 10.3 Å². The molecule has 1 atom stereocenters. The Morgan fingerprint density at radius 3 is 2.45 bits per heavy atom. The molecule has 22 heavy (non-hydrogen) atoms. The summed E-state index contributed by atoms with van der Waals surface area (Å²) < 4.78 is 0. The number of hydrogen-bond donors (Lipinski definition) is 1. The first-order valence-corrected chi connectivity index (χ1v) is 7.82. The molecule has 1 saturated heterocycles. The predicted molar refractivity (Wildman–Crippen MR) is 84.2 cm³/mol. The van der Waals surface area contributed by atoms with Crippen molar-refractivity contribution in [3.05, 3.63) is 30.1 Å². The molecule has 0 unspecified atom stereocenters. The zero-order valence-electron chi connectivity index (χ0n) is 13.3. The second-order valence-corrected chi connectivity index (χ2v) is 5.54. The summed E-state index contributed by atoms with van der Waals surface area (Å²) in [6.07, 6.45) is 5.11. The molecule has 0 aromatic carbocycles. The van der Waals surface area contributed by atoms with E-state index in [9.17, 15) is 9.59 Å². The number of pyridine rings is 1. The molecule has 1 N–H and O–H groups in total. The smallest absolute Gasteiger partial charge is 0.317 e. The van der Waals surface area contributed by atoms with E-state index in [1.165, 1.54) is 0 Å². The fraction of sp³-hybridized carbons (Fsp3) is 0.562. The van der Waals surface area contributed by atoms with Crippen LogP contribution in [0, 0.1) is 0 Å². The average Bonchev–Trinajstić information content (AvgIpc) is 2.79. The van der Waals surface area contributed by atoms with Gasteiger partial charge in [0.15, 0.2) is 0 Å². The van der Waals surface area contributed by atoms with Crippen molar-refractivity contribution in [2.45, 2.75) is 32.7 Å². The molecule has 6 heteroatoms. The van der Waals surface area contributed by atoms with Crippen LogP contribution in [0.2, 0.25) is 0 Å². The molecule has 2 rings (SSSR count). The van der Waals surface area contributed by atoms with Gasteiger partial charge in [-0.05, 0) is 30.5 Å². The van der Waals surface area contributed by atoms with Crippen LogP contribution < -0.4 is 5.32 Å². The third kappa shape index (κ3) is 4.19. The zero-order chi connectivity index (χ0) is 15.9. The summed E-state index contributed by atoms with van der Waals surface area (Å²) in [5.41, 5.74) is 1.06. The number of aromatic nitrogens is 1. The molecule has 3 amide bonds.